The Kier molecular flexibility index (Phi) is 4.48. The van der Waals surface area contributed by atoms with Crippen LogP contribution in [0.15, 0.2) is 24.3 Å². The molecule has 1 aromatic rings. The van der Waals surface area contributed by atoms with Gasteiger partial charge in [0.1, 0.15) is 5.82 Å². The summed E-state index contributed by atoms with van der Waals surface area (Å²) in [5, 5.41) is 3.20. The molecule has 0 fully saturated rings. The van der Waals surface area contributed by atoms with Gasteiger partial charge in [0.15, 0.2) is 0 Å². The summed E-state index contributed by atoms with van der Waals surface area (Å²) in [6.07, 6.45) is 5.93. The van der Waals surface area contributed by atoms with Gasteiger partial charge in [0.25, 0.3) is 0 Å². The molecular weight excluding hydrogens is 203 g/mol. The van der Waals surface area contributed by atoms with E-state index in [1.165, 1.54) is 12.1 Å². The fraction of sp³-hybridized carbons (Fsp3) is 0.385. The number of halogens is 1. The molecule has 2 nitrogen and oxygen atoms in total. The number of hydrogen-bond donors (Lipinski definition) is 2. The van der Waals surface area contributed by atoms with Crippen LogP contribution >= 0.6 is 0 Å². The standard InChI is InChI=1S/C13H17FN2/c1-3-8-16-13(2,10-15)9-11-4-6-12(14)7-5-11/h1,4-7,16H,8-10,15H2,2H3. The van der Waals surface area contributed by atoms with E-state index in [0.717, 1.165) is 12.0 Å². The Morgan fingerprint density at radius 2 is 2.06 bits per heavy atom. The van der Waals surface area contributed by atoms with Crippen molar-refractivity contribution < 1.29 is 4.39 Å². The van der Waals surface area contributed by atoms with Crippen LogP contribution < -0.4 is 11.1 Å². The lowest BCUT2D eigenvalue weighted by molar-refractivity contribution is 0.380. The van der Waals surface area contributed by atoms with Crippen molar-refractivity contribution in [3.05, 3.63) is 35.6 Å². The zero-order valence-corrected chi connectivity index (χ0v) is 9.46. The monoisotopic (exact) mass is 220 g/mol. The molecule has 0 aliphatic rings. The second kappa shape index (κ2) is 5.64. The summed E-state index contributed by atoms with van der Waals surface area (Å²) in [5.41, 5.74) is 6.52. The third-order valence-corrected chi connectivity index (χ3v) is 2.58. The van der Waals surface area contributed by atoms with Gasteiger partial charge in [-0.05, 0) is 31.0 Å². The average molecular weight is 220 g/mol. The van der Waals surface area contributed by atoms with Crippen LogP contribution in [0.1, 0.15) is 12.5 Å². The molecular formula is C13H17FN2. The van der Waals surface area contributed by atoms with Gasteiger partial charge in [-0.3, -0.25) is 5.32 Å². The Hall–Kier alpha value is -1.37. The molecule has 0 aliphatic heterocycles. The molecule has 0 amide bonds. The molecule has 0 aromatic heterocycles. The fourth-order valence-corrected chi connectivity index (χ4v) is 1.52. The van der Waals surface area contributed by atoms with Crippen LogP contribution in [0.25, 0.3) is 0 Å². The molecule has 0 radical (unpaired) electrons. The number of benzene rings is 1. The van der Waals surface area contributed by atoms with Gasteiger partial charge in [0.05, 0.1) is 6.54 Å². The van der Waals surface area contributed by atoms with Gasteiger partial charge >= 0.3 is 0 Å². The van der Waals surface area contributed by atoms with Gasteiger partial charge in [-0.15, -0.1) is 6.42 Å². The van der Waals surface area contributed by atoms with Gasteiger partial charge in [-0.25, -0.2) is 4.39 Å². The highest BCUT2D eigenvalue weighted by Gasteiger charge is 2.21. The van der Waals surface area contributed by atoms with E-state index < -0.39 is 0 Å². The summed E-state index contributed by atoms with van der Waals surface area (Å²) in [6.45, 7) is 2.97. The zero-order chi connectivity index (χ0) is 12.0. The lowest BCUT2D eigenvalue weighted by atomic mass is 9.93. The van der Waals surface area contributed by atoms with Gasteiger partial charge in [0, 0.05) is 12.1 Å². The van der Waals surface area contributed by atoms with Crippen LogP contribution in [0.2, 0.25) is 0 Å². The molecule has 0 heterocycles. The van der Waals surface area contributed by atoms with Crippen molar-refractivity contribution in [1.82, 2.24) is 5.32 Å². The molecule has 0 spiro atoms. The van der Waals surface area contributed by atoms with Crippen LogP contribution in [-0.4, -0.2) is 18.6 Å². The Morgan fingerprint density at radius 1 is 1.44 bits per heavy atom. The molecule has 1 atom stereocenters. The first-order valence-corrected chi connectivity index (χ1v) is 5.23. The minimum atomic E-state index is -0.246. The lowest BCUT2D eigenvalue weighted by Gasteiger charge is -2.28. The highest BCUT2D eigenvalue weighted by molar-refractivity contribution is 5.19. The summed E-state index contributed by atoms with van der Waals surface area (Å²) in [4.78, 5) is 0. The first kappa shape index (κ1) is 12.7. The van der Waals surface area contributed by atoms with Crippen molar-refractivity contribution in [1.29, 1.82) is 0 Å². The third-order valence-electron chi connectivity index (χ3n) is 2.58. The quantitative estimate of drug-likeness (QED) is 0.734. The highest BCUT2D eigenvalue weighted by atomic mass is 19.1. The summed E-state index contributed by atoms with van der Waals surface area (Å²) < 4.78 is 12.7. The molecule has 1 aromatic carbocycles. The number of hydrogen-bond acceptors (Lipinski definition) is 2. The third kappa shape index (κ3) is 3.65. The predicted octanol–water partition coefficient (Wildman–Crippen LogP) is 1.31. The van der Waals surface area contributed by atoms with Gasteiger partial charge < -0.3 is 5.73 Å². The maximum atomic E-state index is 12.7. The molecule has 1 rings (SSSR count). The van der Waals surface area contributed by atoms with E-state index in [0.29, 0.717) is 13.1 Å². The normalized spacial score (nSPS) is 14.1. The van der Waals surface area contributed by atoms with E-state index in [-0.39, 0.29) is 11.4 Å². The van der Waals surface area contributed by atoms with Crippen molar-refractivity contribution in [3.8, 4) is 12.3 Å². The number of rotatable bonds is 5. The maximum absolute atomic E-state index is 12.7. The largest absolute Gasteiger partial charge is 0.329 e. The molecule has 16 heavy (non-hydrogen) atoms. The summed E-state index contributed by atoms with van der Waals surface area (Å²) in [6, 6.07) is 6.43. The van der Waals surface area contributed by atoms with Crippen molar-refractivity contribution >= 4 is 0 Å². The van der Waals surface area contributed by atoms with E-state index in [9.17, 15) is 4.39 Å². The number of nitrogens with one attached hydrogen (secondary N) is 1. The minimum Gasteiger partial charge on any atom is -0.329 e. The Bertz CT molecular complexity index is 367. The van der Waals surface area contributed by atoms with Crippen molar-refractivity contribution in [2.24, 2.45) is 5.73 Å². The molecule has 0 saturated carbocycles. The maximum Gasteiger partial charge on any atom is 0.123 e. The average Bonchev–Trinajstić information content (AvgIpc) is 2.30. The van der Waals surface area contributed by atoms with Crippen LogP contribution in [0, 0.1) is 18.2 Å². The molecule has 0 bridgehead atoms. The van der Waals surface area contributed by atoms with E-state index in [1.807, 2.05) is 6.92 Å². The SMILES string of the molecule is C#CCNC(C)(CN)Cc1ccc(F)cc1. The van der Waals surface area contributed by atoms with Crippen molar-refractivity contribution in [2.45, 2.75) is 18.9 Å². The first-order chi connectivity index (χ1) is 7.59. The molecule has 3 N–H and O–H groups in total. The lowest BCUT2D eigenvalue weighted by Crippen LogP contribution is -2.50. The molecule has 1 unspecified atom stereocenters. The summed E-state index contributed by atoms with van der Waals surface area (Å²) >= 11 is 0. The second-order valence-electron chi connectivity index (χ2n) is 4.13. The molecule has 0 aliphatic carbocycles. The smallest absolute Gasteiger partial charge is 0.123 e. The van der Waals surface area contributed by atoms with E-state index in [1.54, 1.807) is 12.1 Å². The molecule has 3 heteroatoms. The van der Waals surface area contributed by atoms with E-state index in [2.05, 4.69) is 11.2 Å². The van der Waals surface area contributed by atoms with Crippen molar-refractivity contribution in [2.75, 3.05) is 13.1 Å². The predicted molar refractivity (Wildman–Crippen MR) is 64.4 cm³/mol. The van der Waals surface area contributed by atoms with Gasteiger partial charge in [0.2, 0.25) is 0 Å². The highest BCUT2D eigenvalue weighted by Crippen LogP contribution is 2.12. The zero-order valence-electron chi connectivity index (χ0n) is 9.46. The number of terminal acetylenes is 1. The first-order valence-electron chi connectivity index (χ1n) is 5.23. The summed E-state index contributed by atoms with van der Waals surface area (Å²) in [7, 11) is 0. The van der Waals surface area contributed by atoms with Crippen LogP contribution in [0.4, 0.5) is 4.39 Å². The van der Waals surface area contributed by atoms with Gasteiger partial charge in [-0.1, -0.05) is 18.1 Å². The summed E-state index contributed by atoms with van der Waals surface area (Å²) in [5.74, 6) is 2.30. The van der Waals surface area contributed by atoms with Crippen LogP contribution in [0.5, 0.6) is 0 Å². The minimum absolute atomic E-state index is 0.227. The van der Waals surface area contributed by atoms with E-state index >= 15 is 0 Å². The topological polar surface area (TPSA) is 38.0 Å². The fourth-order valence-electron chi connectivity index (χ4n) is 1.52. The Morgan fingerprint density at radius 3 is 2.56 bits per heavy atom. The Labute approximate surface area is 96.0 Å². The van der Waals surface area contributed by atoms with E-state index in [4.69, 9.17) is 12.2 Å². The van der Waals surface area contributed by atoms with Crippen LogP contribution in [0.3, 0.4) is 0 Å². The molecule has 0 saturated heterocycles. The van der Waals surface area contributed by atoms with Crippen molar-refractivity contribution in [3.63, 3.8) is 0 Å². The molecule has 86 valence electrons. The van der Waals surface area contributed by atoms with Crippen LogP contribution in [-0.2, 0) is 6.42 Å². The number of nitrogens with two attached hydrogens (primary N) is 1. The second-order valence-corrected chi connectivity index (χ2v) is 4.13. The van der Waals surface area contributed by atoms with Gasteiger partial charge in [-0.2, -0.15) is 0 Å². The Balaban J connectivity index is 2.69.